The molecule has 1 fully saturated rings. The average molecular weight is 414 g/mol. The molecule has 1 heterocycles. The van der Waals surface area contributed by atoms with Crippen LogP contribution in [0.3, 0.4) is 0 Å². The summed E-state index contributed by atoms with van der Waals surface area (Å²) in [5, 5.41) is 20.7. The molecule has 2 N–H and O–H groups in total. The third kappa shape index (κ3) is 6.94. The second-order valence-electron chi connectivity index (χ2n) is 8.44. The van der Waals surface area contributed by atoms with Gasteiger partial charge in [0.15, 0.2) is 9.84 Å². The number of hydrogen-bond acceptors (Lipinski definition) is 6. The molecule has 0 radical (unpaired) electrons. The maximum Gasteiger partial charge on any atom is 0.153 e. The minimum atomic E-state index is -2.89. The Morgan fingerprint density at radius 2 is 1.75 bits per heavy atom. The van der Waals surface area contributed by atoms with E-state index in [1.54, 1.807) is 0 Å². The first-order valence-electron chi connectivity index (χ1n) is 10.2. The van der Waals surface area contributed by atoms with Gasteiger partial charge < -0.3 is 19.8 Å². The van der Waals surface area contributed by atoms with E-state index in [-0.39, 0.29) is 29.9 Å². The summed E-state index contributed by atoms with van der Waals surface area (Å²) in [5.41, 5.74) is 0.747. The van der Waals surface area contributed by atoms with Crippen LogP contribution in [0.1, 0.15) is 46.5 Å². The van der Waals surface area contributed by atoms with E-state index in [1.807, 2.05) is 38.1 Å². The van der Waals surface area contributed by atoms with Gasteiger partial charge in [-0.05, 0) is 36.1 Å². The van der Waals surface area contributed by atoms with Crippen molar-refractivity contribution < 1.29 is 23.4 Å². The number of aliphatic hydroxyl groups is 2. The highest BCUT2D eigenvalue weighted by atomic mass is 32.2. The summed E-state index contributed by atoms with van der Waals surface area (Å²) < 4.78 is 28.7. The van der Waals surface area contributed by atoms with Gasteiger partial charge >= 0.3 is 0 Å². The number of benzene rings is 1. The Morgan fingerprint density at radius 1 is 1.14 bits per heavy atom. The molecule has 2 atom stereocenters. The fourth-order valence-corrected chi connectivity index (χ4v) is 4.56. The van der Waals surface area contributed by atoms with Gasteiger partial charge in [-0.25, -0.2) is 8.42 Å². The van der Waals surface area contributed by atoms with Crippen LogP contribution < -0.4 is 9.64 Å². The number of hydrogen-bond donors (Lipinski definition) is 2. The molecule has 0 amide bonds. The van der Waals surface area contributed by atoms with Crippen molar-refractivity contribution in [2.45, 2.75) is 58.7 Å². The number of sulfone groups is 1. The third-order valence-electron chi connectivity index (χ3n) is 5.56. The number of ether oxygens (including phenoxy) is 1. The van der Waals surface area contributed by atoms with Crippen LogP contribution in [0.5, 0.6) is 5.75 Å². The minimum Gasteiger partial charge on any atom is -0.491 e. The molecule has 0 aliphatic carbocycles. The van der Waals surface area contributed by atoms with Crippen molar-refractivity contribution in [2.24, 2.45) is 5.41 Å². The first-order valence-corrected chi connectivity index (χ1v) is 12.0. The number of rotatable bonds is 10. The zero-order chi connectivity index (χ0) is 20.8. The third-order valence-corrected chi connectivity index (χ3v) is 7.17. The van der Waals surface area contributed by atoms with Crippen molar-refractivity contribution in [3.8, 4) is 5.75 Å². The van der Waals surface area contributed by atoms with E-state index < -0.39 is 22.0 Å². The summed E-state index contributed by atoms with van der Waals surface area (Å²) in [6.07, 6.45) is 2.06. The summed E-state index contributed by atoms with van der Waals surface area (Å²) in [6, 6.07) is 7.46. The molecule has 1 aromatic carbocycles. The minimum absolute atomic E-state index is 0.127. The number of aliphatic hydroxyl groups excluding tert-OH is 2. The molecule has 0 aromatic heterocycles. The second kappa shape index (κ2) is 9.94. The largest absolute Gasteiger partial charge is 0.491 e. The van der Waals surface area contributed by atoms with E-state index in [2.05, 4.69) is 11.8 Å². The summed E-state index contributed by atoms with van der Waals surface area (Å²) in [4.78, 5) is 2.05. The van der Waals surface area contributed by atoms with Crippen LogP contribution >= 0.6 is 0 Å². The lowest BCUT2D eigenvalue weighted by Crippen LogP contribution is -2.40. The van der Waals surface area contributed by atoms with E-state index in [4.69, 9.17) is 4.74 Å². The highest BCUT2D eigenvalue weighted by Crippen LogP contribution is 2.30. The first-order chi connectivity index (χ1) is 13.1. The molecule has 7 heteroatoms. The predicted molar refractivity (Wildman–Crippen MR) is 113 cm³/mol. The Labute approximate surface area is 169 Å². The monoisotopic (exact) mass is 413 g/mol. The van der Waals surface area contributed by atoms with E-state index in [9.17, 15) is 18.6 Å². The van der Waals surface area contributed by atoms with E-state index in [0.717, 1.165) is 24.9 Å². The second-order valence-corrected chi connectivity index (χ2v) is 10.7. The standard InChI is InChI=1S/C21H35NO5S/c1-4-5-10-21(2,3)20(24)15-18(23)16-27-19-8-6-17(7-9-19)22-11-13-28(25,26)14-12-22/h6-9,18,20,23-24H,4-5,10-16H2,1-3H3. The van der Waals surface area contributed by atoms with Crippen molar-refractivity contribution in [3.63, 3.8) is 0 Å². The Kier molecular flexibility index (Phi) is 8.16. The van der Waals surface area contributed by atoms with Crippen LogP contribution in [0.4, 0.5) is 5.69 Å². The molecule has 1 aliphatic heterocycles. The molecule has 0 saturated carbocycles. The van der Waals surface area contributed by atoms with Crippen LogP contribution in [0, 0.1) is 5.41 Å². The Hall–Kier alpha value is -1.31. The zero-order valence-corrected chi connectivity index (χ0v) is 18.1. The van der Waals surface area contributed by atoms with Gasteiger partial charge in [0.1, 0.15) is 12.4 Å². The molecule has 0 bridgehead atoms. The molecule has 160 valence electrons. The fraction of sp³-hybridized carbons (Fsp3) is 0.714. The van der Waals surface area contributed by atoms with Crippen LogP contribution in [0.15, 0.2) is 24.3 Å². The summed E-state index contributed by atoms with van der Waals surface area (Å²) >= 11 is 0. The van der Waals surface area contributed by atoms with Crippen LogP contribution in [0.2, 0.25) is 0 Å². The average Bonchev–Trinajstić information content (AvgIpc) is 2.65. The lowest BCUT2D eigenvalue weighted by atomic mass is 9.79. The number of unbranched alkanes of at least 4 members (excludes halogenated alkanes) is 1. The molecule has 2 unspecified atom stereocenters. The summed E-state index contributed by atoms with van der Waals surface area (Å²) in [7, 11) is -2.89. The topological polar surface area (TPSA) is 87.1 Å². The lowest BCUT2D eigenvalue weighted by molar-refractivity contribution is -0.0119. The van der Waals surface area contributed by atoms with Crippen LogP contribution in [-0.4, -0.2) is 62.0 Å². The normalized spacial score (nSPS) is 19.2. The van der Waals surface area contributed by atoms with Gasteiger partial charge in [-0.15, -0.1) is 0 Å². The van der Waals surface area contributed by atoms with Gasteiger partial charge in [0, 0.05) is 25.2 Å². The first kappa shape index (κ1) is 23.0. The van der Waals surface area contributed by atoms with Crippen molar-refractivity contribution in [3.05, 3.63) is 24.3 Å². The van der Waals surface area contributed by atoms with Crippen LogP contribution in [0.25, 0.3) is 0 Å². The fourth-order valence-electron chi connectivity index (χ4n) is 3.36. The predicted octanol–water partition coefficient (Wildman–Crippen LogP) is 2.63. The van der Waals surface area contributed by atoms with Gasteiger partial charge in [-0.1, -0.05) is 33.6 Å². The Bertz CT molecular complexity index is 688. The molecule has 1 saturated heterocycles. The highest BCUT2D eigenvalue weighted by molar-refractivity contribution is 7.91. The van der Waals surface area contributed by atoms with Crippen molar-refractivity contribution >= 4 is 15.5 Å². The van der Waals surface area contributed by atoms with Crippen molar-refractivity contribution in [2.75, 3.05) is 36.1 Å². The molecule has 28 heavy (non-hydrogen) atoms. The maximum absolute atomic E-state index is 11.5. The Morgan fingerprint density at radius 3 is 2.32 bits per heavy atom. The van der Waals surface area contributed by atoms with E-state index in [0.29, 0.717) is 18.8 Å². The zero-order valence-electron chi connectivity index (χ0n) is 17.3. The SMILES string of the molecule is CCCCC(C)(C)C(O)CC(O)COc1ccc(N2CCS(=O)(=O)CC2)cc1. The molecule has 2 rings (SSSR count). The summed E-state index contributed by atoms with van der Waals surface area (Å²) in [6.45, 7) is 7.34. The van der Waals surface area contributed by atoms with Crippen molar-refractivity contribution in [1.82, 2.24) is 0 Å². The number of nitrogens with zero attached hydrogens (tertiary/aromatic N) is 1. The van der Waals surface area contributed by atoms with Gasteiger partial charge in [-0.3, -0.25) is 0 Å². The van der Waals surface area contributed by atoms with Gasteiger partial charge in [0.25, 0.3) is 0 Å². The van der Waals surface area contributed by atoms with Crippen molar-refractivity contribution in [1.29, 1.82) is 0 Å². The smallest absolute Gasteiger partial charge is 0.153 e. The highest BCUT2D eigenvalue weighted by Gasteiger charge is 2.29. The van der Waals surface area contributed by atoms with E-state index >= 15 is 0 Å². The molecular formula is C21H35NO5S. The number of anilines is 1. The molecule has 6 nitrogen and oxygen atoms in total. The molecular weight excluding hydrogens is 378 g/mol. The quantitative estimate of drug-likeness (QED) is 0.613. The molecule has 0 spiro atoms. The molecule has 1 aromatic rings. The summed E-state index contributed by atoms with van der Waals surface area (Å²) in [5.74, 6) is 1.02. The van der Waals surface area contributed by atoms with Crippen LogP contribution in [-0.2, 0) is 9.84 Å². The van der Waals surface area contributed by atoms with E-state index in [1.165, 1.54) is 0 Å². The maximum atomic E-state index is 11.5. The van der Waals surface area contributed by atoms with Gasteiger partial charge in [-0.2, -0.15) is 0 Å². The molecule has 1 aliphatic rings. The lowest BCUT2D eigenvalue weighted by Gasteiger charge is -2.32. The van der Waals surface area contributed by atoms with Gasteiger partial charge in [0.2, 0.25) is 0 Å². The van der Waals surface area contributed by atoms with Gasteiger partial charge in [0.05, 0.1) is 23.7 Å². The Balaban J connectivity index is 1.79.